The van der Waals surface area contributed by atoms with Crippen LogP contribution in [0, 0.1) is 6.92 Å². The summed E-state index contributed by atoms with van der Waals surface area (Å²) in [4.78, 5) is 0. The zero-order valence-corrected chi connectivity index (χ0v) is 14.9. The van der Waals surface area contributed by atoms with Crippen molar-refractivity contribution in [1.29, 1.82) is 0 Å². The second-order valence-corrected chi connectivity index (χ2v) is 5.69. The number of para-hydroxylation sites is 1. The molecule has 0 saturated carbocycles. The molecule has 3 rings (SSSR count). The molecule has 0 fully saturated rings. The minimum atomic E-state index is 0.108. The molecule has 3 N–H and O–H groups in total. The Bertz CT molecular complexity index is 1030. The standard InChI is InChI=1S/C17H18N8O2/c1-4-6-12-7-5-8-13(15(12)26)9-19-20-10(2)14-11(3)25(24-21-14)17-16(18)22-27-23-17/h4-5,7-9,26H,1,6H2,2-3H3,(H2,18,22)/b19-9+,20-10?. The zero-order valence-electron chi connectivity index (χ0n) is 14.9. The van der Waals surface area contributed by atoms with Gasteiger partial charge in [-0.15, -0.1) is 11.7 Å². The van der Waals surface area contributed by atoms with Gasteiger partial charge in [0.05, 0.1) is 17.6 Å². The molecule has 27 heavy (non-hydrogen) atoms. The predicted molar refractivity (Wildman–Crippen MR) is 100 cm³/mol. The predicted octanol–water partition coefficient (Wildman–Crippen LogP) is 1.82. The smallest absolute Gasteiger partial charge is 0.243 e. The summed E-state index contributed by atoms with van der Waals surface area (Å²) in [6, 6.07) is 5.41. The van der Waals surface area contributed by atoms with Gasteiger partial charge < -0.3 is 10.8 Å². The Hall–Kier alpha value is -3.82. The Balaban J connectivity index is 1.84. The van der Waals surface area contributed by atoms with Gasteiger partial charge in [0, 0.05) is 5.56 Å². The highest BCUT2D eigenvalue weighted by Gasteiger charge is 2.17. The summed E-state index contributed by atoms with van der Waals surface area (Å²) in [5.41, 5.74) is 8.73. The molecule has 10 nitrogen and oxygen atoms in total. The number of rotatable bonds is 6. The molecule has 0 aliphatic rings. The first-order valence-corrected chi connectivity index (χ1v) is 8.03. The normalized spacial score (nSPS) is 12.0. The number of anilines is 1. The van der Waals surface area contributed by atoms with Crippen molar-refractivity contribution in [3.63, 3.8) is 0 Å². The average molecular weight is 366 g/mol. The van der Waals surface area contributed by atoms with Crippen LogP contribution in [-0.4, -0.2) is 42.3 Å². The highest BCUT2D eigenvalue weighted by atomic mass is 16.6. The van der Waals surface area contributed by atoms with Crippen LogP contribution in [0.4, 0.5) is 5.82 Å². The maximum Gasteiger partial charge on any atom is 0.243 e. The van der Waals surface area contributed by atoms with Crippen LogP contribution in [0.5, 0.6) is 5.75 Å². The molecule has 0 spiro atoms. The van der Waals surface area contributed by atoms with E-state index in [0.717, 1.165) is 5.56 Å². The first kappa shape index (κ1) is 18.0. The molecule has 0 aliphatic carbocycles. The minimum absolute atomic E-state index is 0.108. The first-order valence-electron chi connectivity index (χ1n) is 8.03. The summed E-state index contributed by atoms with van der Waals surface area (Å²) in [6.45, 7) is 7.21. The number of nitrogen functional groups attached to an aromatic ring is 1. The number of aromatic hydroxyl groups is 1. The van der Waals surface area contributed by atoms with E-state index in [0.29, 0.717) is 29.1 Å². The number of hydrogen-bond donors (Lipinski definition) is 2. The van der Waals surface area contributed by atoms with Crippen molar-refractivity contribution in [3.8, 4) is 11.6 Å². The van der Waals surface area contributed by atoms with Gasteiger partial charge in [0.2, 0.25) is 11.6 Å². The summed E-state index contributed by atoms with van der Waals surface area (Å²) in [6.07, 6.45) is 3.77. The summed E-state index contributed by atoms with van der Waals surface area (Å²) in [7, 11) is 0. The Labute approximate surface area is 154 Å². The van der Waals surface area contributed by atoms with E-state index >= 15 is 0 Å². The molecule has 0 radical (unpaired) electrons. The molecule has 0 amide bonds. The van der Waals surface area contributed by atoms with E-state index in [1.54, 1.807) is 26.0 Å². The maximum absolute atomic E-state index is 10.2. The Kier molecular flexibility index (Phi) is 5.06. The molecule has 0 aliphatic heterocycles. The van der Waals surface area contributed by atoms with Gasteiger partial charge >= 0.3 is 0 Å². The third kappa shape index (κ3) is 3.59. The van der Waals surface area contributed by atoms with Gasteiger partial charge in [0.1, 0.15) is 11.4 Å². The quantitative estimate of drug-likeness (QED) is 0.385. The van der Waals surface area contributed by atoms with Gasteiger partial charge in [0.15, 0.2) is 0 Å². The van der Waals surface area contributed by atoms with Crippen molar-refractivity contribution >= 4 is 17.7 Å². The monoisotopic (exact) mass is 366 g/mol. The van der Waals surface area contributed by atoms with Crippen LogP contribution < -0.4 is 5.73 Å². The molecule has 1 aromatic carbocycles. The summed E-state index contributed by atoms with van der Waals surface area (Å²) in [5.74, 6) is 0.522. The van der Waals surface area contributed by atoms with E-state index in [9.17, 15) is 5.11 Å². The number of phenols is 1. The van der Waals surface area contributed by atoms with Gasteiger partial charge in [-0.2, -0.15) is 14.9 Å². The molecule has 0 atom stereocenters. The molecule has 0 bridgehead atoms. The fourth-order valence-corrected chi connectivity index (χ4v) is 2.46. The first-order chi connectivity index (χ1) is 13.0. The van der Waals surface area contributed by atoms with E-state index in [2.05, 4.69) is 42.0 Å². The van der Waals surface area contributed by atoms with Crippen molar-refractivity contribution in [2.24, 2.45) is 10.2 Å². The van der Waals surface area contributed by atoms with E-state index in [4.69, 9.17) is 5.73 Å². The Morgan fingerprint density at radius 2 is 2.22 bits per heavy atom. The second kappa shape index (κ2) is 7.60. The van der Waals surface area contributed by atoms with E-state index < -0.39 is 0 Å². The fourth-order valence-electron chi connectivity index (χ4n) is 2.46. The van der Waals surface area contributed by atoms with Gasteiger partial charge in [-0.25, -0.2) is 4.63 Å². The number of aromatic nitrogens is 5. The SMILES string of the molecule is C=CCc1cccc(/C=N/N=C(C)c2nnn(-c3nonc3N)c2C)c1O. The molecule has 0 unspecified atom stereocenters. The maximum atomic E-state index is 10.2. The number of nitrogens with two attached hydrogens (primary N) is 1. The third-order valence-corrected chi connectivity index (χ3v) is 3.85. The molecular weight excluding hydrogens is 348 g/mol. The van der Waals surface area contributed by atoms with Crippen LogP contribution >= 0.6 is 0 Å². The molecular formula is C17H18N8O2. The minimum Gasteiger partial charge on any atom is -0.507 e. The van der Waals surface area contributed by atoms with Crippen LogP contribution in [0.25, 0.3) is 5.82 Å². The zero-order chi connectivity index (χ0) is 19.4. The number of allylic oxidation sites excluding steroid dienone is 1. The Morgan fingerprint density at radius 1 is 1.41 bits per heavy atom. The summed E-state index contributed by atoms with van der Waals surface area (Å²) < 4.78 is 5.99. The highest BCUT2D eigenvalue weighted by molar-refractivity contribution is 5.98. The topological polar surface area (TPSA) is 141 Å². The van der Waals surface area contributed by atoms with Crippen molar-refractivity contribution in [3.05, 3.63) is 53.4 Å². The summed E-state index contributed by atoms with van der Waals surface area (Å²) in [5, 5.41) is 33.7. The molecule has 3 aromatic rings. The number of hydrogen-bond acceptors (Lipinski definition) is 9. The van der Waals surface area contributed by atoms with Gasteiger partial charge in [-0.05, 0) is 42.2 Å². The van der Waals surface area contributed by atoms with E-state index in [-0.39, 0.29) is 17.4 Å². The molecule has 2 heterocycles. The lowest BCUT2D eigenvalue weighted by molar-refractivity contribution is 0.306. The van der Waals surface area contributed by atoms with Crippen molar-refractivity contribution in [2.75, 3.05) is 5.73 Å². The molecule has 10 heteroatoms. The van der Waals surface area contributed by atoms with Gasteiger partial charge in [-0.1, -0.05) is 23.4 Å². The van der Waals surface area contributed by atoms with Gasteiger partial charge in [-0.3, -0.25) is 0 Å². The number of nitrogens with zero attached hydrogens (tertiary/aromatic N) is 7. The van der Waals surface area contributed by atoms with Crippen molar-refractivity contribution < 1.29 is 9.74 Å². The second-order valence-electron chi connectivity index (χ2n) is 5.69. The van der Waals surface area contributed by atoms with Crippen LogP contribution in [0.1, 0.15) is 29.4 Å². The van der Waals surface area contributed by atoms with Crippen molar-refractivity contribution in [1.82, 2.24) is 25.3 Å². The largest absolute Gasteiger partial charge is 0.507 e. The van der Waals surface area contributed by atoms with Crippen LogP contribution in [0.15, 0.2) is 45.7 Å². The lowest BCUT2D eigenvalue weighted by Gasteiger charge is -2.03. The van der Waals surface area contributed by atoms with Crippen molar-refractivity contribution in [2.45, 2.75) is 20.3 Å². The number of benzene rings is 1. The van der Waals surface area contributed by atoms with Crippen LogP contribution in [-0.2, 0) is 6.42 Å². The van der Waals surface area contributed by atoms with Crippen LogP contribution in [0.2, 0.25) is 0 Å². The summed E-state index contributed by atoms with van der Waals surface area (Å²) >= 11 is 0. The molecule has 0 saturated heterocycles. The molecule has 2 aromatic heterocycles. The van der Waals surface area contributed by atoms with E-state index in [1.807, 2.05) is 12.1 Å². The lowest BCUT2D eigenvalue weighted by Crippen LogP contribution is -2.04. The van der Waals surface area contributed by atoms with Crippen LogP contribution in [0.3, 0.4) is 0 Å². The Morgan fingerprint density at radius 3 is 2.93 bits per heavy atom. The van der Waals surface area contributed by atoms with Gasteiger partial charge in [0.25, 0.3) is 0 Å². The third-order valence-electron chi connectivity index (χ3n) is 3.85. The molecule has 138 valence electrons. The highest BCUT2D eigenvalue weighted by Crippen LogP contribution is 2.21. The van der Waals surface area contributed by atoms with E-state index in [1.165, 1.54) is 10.9 Å². The fraction of sp³-hybridized carbons (Fsp3) is 0.176. The lowest BCUT2D eigenvalue weighted by atomic mass is 10.1. The number of phenolic OH excluding ortho intramolecular Hbond substituents is 1. The average Bonchev–Trinajstić information content (AvgIpc) is 3.23.